The van der Waals surface area contributed by atoms with Gasteiger partial charge in [0.1, 0.15) is 5.82 Å². The van der Waals surface area contributed by atoms with E-state index >= 15 is 0 Å². The topological polar surface area (TPSA) is 67.2 Å². The lowest BCUT2D eigenvalue weighted by Crippen LogP contribution is -2.46. The van der Waals surface area contributed by atoms with Crippen LogP contribution >= 0.6 is 0 Å². The Labute approximate surface area is 198 Å². The number of nitrogens with one attached hydrogen (secondary N) is 1. The first-order valence-electron chi connectivity index (χ1n) is 12.0. The summed E-state index contributed by atoms with van der Waals surface area (Å²) in [5, 5.41) is 7.28. The first-order valence-corrected chi connectivity index (χ1v) is 12.0. The number of fused-ring (bicyclic) bond motifs is 1. The van der Waals surface area contributed by atoms with Crippen LogP contribution in [-0.2, 0) is 23.2 Å². The molecule has 0 saturated heterocycles. The molecule has 2 heterocycles. The molecule has 2 amide bonds. The van der Waals surface area contributed by atoms with Gasteiger partial charge >= 0.3 is 0 Å². The van der Waals surface area contributed by atoms with Gasteiger partial charge in [0.2, 0.25) is 5.91 Å². The van der Waals surface area contributed by atoms with E-state index < -0.39 is 5.41 Å². The minimum Gasteiger partial charge on any atom is -0.325 e. The predicted molar refractivity (Wildman–Crippen MR) is 130 cm³/mol. The molecule has 1 aromatic heterocycles. The molecule has 3 aromatic rings. The minimum absolute atomic E-state index is 0.0385. The number of rotatable bonds is 6. The molecule has 2 aliphatic rings. The first-order chi connectivity index (χ1) is 16.5. The predicted octanol–water partition coefficient (Wildman–Crippen LogP) is 5.09. The summed E-state index contributed by atoms with van der Waals surface area (Å²) in [6.07, 6.45) is 8.71. The highest BCUT2D eigenvalue weighted by Gasteiger charge is 2.46. The number of hydrogen-bond donors (Lipinski definition) is 1. The summed E-state index contributed by atoms with van der Waals surface area (Å²) < 4.78 is 15.1. The largest absolute Gasteiger partial charge is 0.325 e. The molecule has 1 aliphatic carbocycles. The maximum atomic E-state index is 13.3. The number of nitrogens with zero attached hydrogens (tertiary/aromatic N) is 3. The number of benzene rings is 2. The molecule has 0 spiro atoms. The van der Waals surface area contributed by atoms with Crippen LogP contribution in [-0.4, -0.2) is 28.1 Å². The van der Waals surface area contributed by atoms with Gasteiger partial charge in [-0.1, -0.05) is 25.5 Å². The monoisotopic (exact) mass is 460 g/mol. The van der Waals surface area contributed by atoms with E-state index in [9.17, 15) is 14.0 Å². The molecule has 1 fully saturated rings. The van der Waals surface area contributed by atoms with Gasteiger partial charge in [0, 0.05) is 30.7 Å². The van der Waals surface area contributed by atoms with Crippen molar-refractivity contribution >= 4 is 23.2 Å². The third-order valence-electron chi connectivity index (χ3n) is 7.07. The molecule has 0 atom stereocenters. The average Bonchev–Trinajstić information content (AvgIpc) is 3.28. The van der Waals surface area contributed by atoms with Crippen LogP contribution in [0.2, 0.25) is 0 Å². The van der Waals surface area contributed by atoms with E-state index in [0.717, 1.165) is 61.9 Å². The Morgan fingerprint density at radius 2 is 1.91 bits per heavy atom. The van der Waals surface area contributed by atoms with Crippen molar-refractivity contribution in [3.63, 3.8) is 0 Å². The van der Waals surface area contributed by atoms with Crippen molar-refractivity contribution in [1.29, 1.82) is 0 Å². The zero-order valence-corrected chi connectivity index (χ0v) is 19.4. The Morgan fingerprint density at radius 1 is 1.12 bits per heavy atom. The molecule has 0 bridgehead atoms. The van der Waals surface area contributed by atoms with E-state index in [0.29, 0.717) is 17.8 Å². The standard InChI is InChI=1S/C27H29FN4O2/c1-2-14-31-18-20(17-29-31)25(33)32-15-3-5-19-16-21(6-11-24(19)32)27(12-4-13-27)26(34)30-23-9-7-22(28)8-10-23/h6-11,16-18H,2-5,12-15H2,1H3,(H,30,34). The molecule has 176 valence electrons. The number of hydrogen-bond acceptors (Lipinski definition) is 3. The van der Waals surface area contributed by atoms with Crippen molar-refractivity contribution in [1.82, 2.24) is 9.78 Å². The van der Waals surface area contributed by atoms with E-state index in [1.807, 2.05) is 23.2 Å². The summed E-state index contributed by atoms with van der Waals surface area (Å²) in [7, 11) is 0. The molecule has 0 radical (unpaired) electrons. The van der Waals surface area contributed by atoms with Crippen molar-refractivity contribution in [2.75, 3.05) is 16.8 Å². The molecule has 0 unspecified atom stereocenters. The highest BCUT2D eigenvalue weighted by Crippen LogP contribution is 2.46. The Morgan fingerprint density at radius 3 is 2.62 bits per heavy atom. The fourth-order valence-corrected chi connectivity index (χ4v) is 5.05. The fourth-order valence-electron chi connectivity index (χ4n) is 5.05. The van der Waals surface area contributed by atoms with Gasteiger partial charge in [-0.2, -0.15) is 5.10 Å². The van der Waals surface area contributed by atoms with Gasteiger partial charge in [-0.05, 0) is 73.6 Å². The van der Waals surface area contributed by atoms with Crippen molar-refractivity contribution in [3.8, 4) is 0 Å². The molecule has 5 rings (SSSR count). The number of carbonyl (C=O) groups is 2. The van der Waals surface area contributed by atoms with Gasteiger partial charge < -0.3 is 10.2 Å². The lowest BCUT2D eigenvalue weighted by Gasteiger charge is -2.41. The third kappa shape index (κ3) is 4.00. The summed E-state index contributed by atoms with van der Waals surface area (Å²) in [5.74, 6) is -0.427. The summed E-state index contributed by atoms with van der Waals surface area (Å²) in [6.45, 7) is 3.53. The van der Waals surface area contributed by atoms with Gasteiger partial charge in [-0.15, -0.1) is 0 Å². The van der Waals surface area contributed by atoms with Crippen LogP contribution in [0.5, 0.6) is 0 Å². The zero-order chi connectivity index (χ0) is 23.7. The number of carbonyl (C=O) groups excluding carboxylic acids is 2. The molecule has 34 heavy (non-hydrogen) atoms. The number of aromatic nitrogens is 2. The Balaban J connectivity index is 1.39. The summed E-state index contributed by atoms with van der Waals surface area (Å²) >= 11 is 0. The lowest BCUT2D eigenvalue weighted by molar-refractivity contribution is -0.124. The quantitative estimate of drug-likeness (QED) is 0.558. The van der Waals surface area contributed by atoms with Crippen LogP contribution in [0.25, 0.3) is 0 Å². The fraction of sp³-hybridized carbons (Fsp3) is 0.370. The normalized spacial score (nSPS) is 16.5. The van der Waals surface area contributed by atoms with Crippen LogP contribution in [0, 0.1) is 5.82 Å². The van der Waals surface area contributed by atoms with E-state index in [2.05, 4.69) is 23.4 Å². The van der Waals surface area contributed by atoms with E-state index in [4.69, 9.17) is 0 Å². The van der Waals surface area contributed by atoms with Crippen LogP contribution in [0.4, 0.5) is 15.8 Å². The molecule has 1 aliphatic heterocycles. The molecule has 7 heteroatoms. The van der Waals surface area contributed by atoms with Gasteiger partial charge in [0.05, 0.1) is 17.2 Å². The summed E-state index contributed by atoms with van der Waals surface area (Å²) in [4.78, 5) is 28.4. The van der Waals surface area contributed by atoms with Crippen molar-refractivity contribution in [3.05, 3.63) is 77.4 Å². The Hall–Kier alpha value is -3.48. The minimum atomic E-state index is -0.586. The highest BCUT2D eigenvalue weighted by molar-refractivity contribution is 6.06. The van der Waals surface area contributed by atoms with Crippen molar-refractivity contribution in [2.24, 2.45) is 0 Å². The van der Waals surface area contributed by atoms with E-state index in [1.54, 1.807) is 23.0 Å². The Kier molecular flexibility index (Phi) is 5.94. The second-order valence-corrected chi connectivity index (χ2v) is 9.29. The van der Waals surface area contributed by atoms with E-state index in [-0.39, 0.29) is 17.6 Å². The van der Waals surface area contributed by atoms with Gasteiger partial charge in [0.25, 0.3) is 5.91 Å². The van der Waals surface area contributed by atoms with Crippen LogP contribution < -0.4 is 10.2 Å². The molecule has 2 aromatic carbocycles. The van der Waals surface area contributed by atoms with Crippen LogP contribution in [0.15, 0.2) is 54.9 Å². The molecular weight excluding hydrogens is 431 g/mol. The lowest BCUT2D eigenvalue weighted by atomic mass is 9.63. The van der Waals surface area contributed by atoms with Crippen LogP contribution in [0.3, 0.4) is 0 Å². The van der Waals surface area contributed by atoms with Crippen molar-refractivity contribution < 1.29 is 14.0 Å². The van der Waals surface area contributed by atoms with Gasteiger partial charge in [-0.3, -0.25) is 14.3 Å². The number of halogens is 1. The number of amides is 2. The maximum Gasteiger partial charge on any atom is 0.261 e. The molecule has 1 N–H and O–H groups in total. The molecular formula is C27H29FN4O2. The van der Waals surface area contributed by atoms with Gasteiger partial charge in [0.15, 0.2) is 0 Å². The zero-order valence-electron chi connectivity index (χ0n) is 19.4. The Bertz CT molecular complexity index is 1210. The number of aryl methyl sites for hydroxylation is 2. The second kappa shape index (κ2) is 9.05. The first kappa shape index (κ1) is 22.3. The summed E-state index contributed by atoms with van der Waals surface area (Å²) in [6, 6.07) is 12.0. The van der Waals surface area contributed by atoms with Crippen LogP contribution in [0.1, 0.15) is 60.5 Å². The smallest absolute Gasteiger partial charge is 0.261 e. The second-order valence-electron chi connectivity index (χ2n) is 9.29. The maximum absolute atomic E-state index is 13.3. The molecule has 6 nitrogen and oxygen atoms in total. The average molecular weight is 461 g/mol. The molecule has 1 saturated carbocycles. The van der Waals surface area contributed by atoms with Crippen molar-refractivity contribution in [2.45, 2.75) is 57.4 Å². The third-order valence-corrected chi connectivity index (χ3v) is 7.07. The van der Waals surface area contributed by atoms with Gasteiger partial charge in [-0.25, -0.2) is 4.39 Å². The number of anilines is 2. The summed E-state index contributed by atoms with van der Waals surface area (Å²) in [5.41, 5.74) is 3.60. The van der Waals surface area contributed by atoms with E-state index in [1.165, 1.54) is 12.1 Å². The highest BCUT2D eigenvalue weighted by atomic mass is 19.1. The SMILES string of the molecule is CCCn1cc(C(=O)N2CCCc3cc(C4(C(=O)Nc5ccc(F)cc5)CCC4)ccc32)cn1.